The van der Waals surface area contributed by atoms with Gasteiger partial charge in [0.2, 0.25) is 11.8 Å². The number of piperidine rings is 1. The maximum atomic E-state index is 13.8. The molecule has 5 atom stereocenters. The first-order valence-corrected chi connectivity index (χ1v) is 13.3. The van der Waals surface area contributed by atoms with Gasteiger partial charge in [0.15, 0.2) is 0 Å². The zero-order chi connectivity index (χ0) is 25.1. The lowest BCUT2D eigenvalue weighted by atomic mass is 9.57. The van der Waals surface area contributed by atoms with Gasteiger partial charge in [-0.1, -0.05) is 0 Å². The van der Waals surface area contributed by atoms with Crippen molar-refractivity contribution in [3.63, 3.8) is 0 Å². The van der Waals surface area contributed by atoms with Gasteiger partial charge in [-0.05, 0) is 64.2 Å². The third kappa shape index (κ3) is 6.81. The van der Waals surface area contributed by atoms with Gasteiger partial charge in [0.05, 0.1) is 17.6 Å². The quantitative estimate of drug-likeness (QED) is 0.404. The minimum absolute atomic E-state index is 0.0453. The fourth-order valence-corrected chi connectivity index (χ4v) is 6.39. The second-order valence-corrected chi connectivity index (χ2v) is 11.4. The molecule has 7 nitrogen and oxygen atoms in total. The SMILES string of the molecule is O=C(COC1CCC(Cl)C(F)C1)NC12CCC(C(=O)NCC3CCC(OC(F)F)CN3)(CC1)CC2. The molecular weight excluding hydrogens is 487 g/mol. The molecule has 2 bridgehead atoms. The summed E-state index contributed by atoms with van der Waals surface area (Å²) >= 11 is 5.91. The van der Waals surface area contributed by atoms with Crippen LogP contribution in [0.25, 0.3) is 0 Å². The average Bonchev–Trinajstić information content (AvgIpc) is 2.85. The Morgan fingerprint density at radius 1 is 1.03 bits per heavy atom. The molecule has 1 saturated heterocycles. The molecule has 0 radical (unpaired) electrons. The molecule has 0 spiro atoms. The highest BCUT2D eigenvalue weighted by Crippen LogP contribution is 2.52. The molecule has 1 aliphatic heterocycles. The minimum Gasteiger partial charge on any atom is -0.368 e. The maximum absolute atomic E-state index is 13.8. The van der Waals surface area contributed by atoms with E-state index in [1.807, 2.05) is 0 Å². The third-order valence-corrected chi connectivity index (χ3v) is 8.99. The van der Waals surface area contributed by atoms with E-state index in [0.29, 0.717) is 58.0 Å². The summed E-state index contributed by atoms with van der Waals surface area (Å²) in [6.45, 7) is -2.04. The van der Waals surface area contributed by atoms with Crippen molar-refractivity contribution >= 4 is 23.4 Å². The van der Waals surface area contributed by atoms with Gasteiger partial charge in [-0.2, -0.15) is 8.78 Å². The average molecular weight is 524 g/mol. The monoisotopic (exact) mass is 523 g/mol. The van der Waals surface area contributed by atoms with E-state index in [9.17, 15) is 22.8 Å². The number of nitrogens with one attached hydrogen (secondary N) is 3. The normalized spacial score (nSPS) is 39.4. The van der Waals surface area contributed by atoms with E-state index in [2.05, 4.69) is 20.7 Å². The number of hydrogen-bond donors (Lipinski definition) is 3. The molecule has 1 heterocycles. The van der Waals surface area contributed by atoms with Crippen LogP contribution in [0.5, 0.6) is 0 Å². The van der Waals surface area contributed by atoms with Crippen molar-refractivity contribution in [2.45, 2.75) is 113 Å². The largest absolute Gasteiger partial charge is 0.368 e. The summed E-state index contributed by atoms with van der Waals surface area (Å²) in [5.41, 5.74) is -0.709. The Hall–Kier alpha value is -1.10. The van der Waals surface area contributed by atoms with Crippen LogP contribution < -0.4 is 16.0 Å². The van der Waals surface area contributed by atoms with E-state index in [-0.39, 0.29) is 42.5 Å². The minimum atomic E-state index is -2.76. The van der Waals surface area contributed by atoms with Crippen LogP contribution in [-0.4, -0.2) is 73.5 Å². The molecule has 0 aromatic carbocycles. The Balaban J connectivity index is 1.16. The number of ether oxygens (including phenoxy) is 2. The zero-order valence-electron chi connectivity index (χ0n) is 20.0. The Kier molecular flexibility index (Phi) is 8.87. The highest BCUT2D eigenvalue weighted by molar-refractivity contribution is 6.21. The fraction of sp³-hybridized carbons (Fsp3) is 0.917. The molecule has 0 aromatic rings. The lowest BCUT2D eigenvalue weighted by Crippen LogP contribution is -2.61. The Morgan fingerprint density at radius 2 is 1.71 bits per heavy atom. The molecule has 2 amide bonds. The Morgan fingerprint density at radius 3 is 2.31 bits per heavy atom. The van der Waals surface area contributed by atoms with E-state index < -0.39 is 29.7 Å². The molecule has 0 aromatic heterocycles. The number of hydrogen-bond acceptors (Lipinski definition) is 5. The predicted octanol–water partition coefficient (Wildman–Crippen LogP) is 3.19. The highest BCUT2D eigenvalue weighted by atomic mass is 35.5. The standard InChI is InChI=1S/C24H37ClF3N3O4/c25-18-4-3-16(11-19(18)26)34-14-20(32)31-24-8-5-23(6-9-24,7-10-24)21(33)30-12-15-1-2-17(13-29-15)35-22(27)28/h15-19,22,29H,1-14H2,(H,30,33)(H,31,32). The Labute approximate surface area is 209 Å². The molecular formula is C24H37ClF3N3O4. The summed E-state index contributed by atoms with van der Waals surface area (Å²) in [5, 5.41) is 8.93. The summed E-state index contributed by atoms with van der Waals surface area (Å²) < 4.78 is 48.7. The number of alkyl halides is 4. The first-order chi connectivity index (χ1) is 16.7. The van der Waals surface area contributed by atoms with Crippen LogP contribution in [0.15, 0.2) is 0 Å². The van der Waals surface area contributed by atoms with Crippen molar-refractivity contribution in [3.05, 3.63) is 0 Å². The first kappa shape index (κ1) is 26.9. The van der Waals surface area contributed by atoms with Crippen LogP contribution in [0.4, 0.5) is 13.2 Å². The number of carbonyl (C=O) groups excluding carboxylic acids is 2. The van der Waals surface area contributed by atoms with Gasteiger partial charge in [0, 0.05) is 36.5 Å². The summed E-state index contributed by atoms with van der Waals surface area (Å²) in [6, 6.07) is 0.0468. The second-order valence-electron chi connectivity index (χ2n) is 10.8. The molecule has 5 aliphatic rings. The zero-order valence-corrected chi connectivity index (χ0v) is 20.8. The lowest BCUT2D eigenvalue weighted by Gasteiger charge is -2.52. The van der Waals surface area contributed by atoms with Gasteiger partial charge in [-0.15, -0.1) is 11.6 Å². The molecule has 5 unspecified atom stereocenters. The molecule has 35 heavy (non-hydrogen) atoms. The van der Waals surface area contributed by atoms with Crippen molar-refractivity contribution in [2.75, 3.05) is 19.7 Å². The number of carbonyl (C=O) groups is 2. The molecule has 4 saturated carbocycles. The molecule has 4 aliphatic carbocycles. The molecule has 5 rings (SSSR count). The Bertz CT molecular complexity index is 729. The van der Waals surface area contributed by atoms with Gasteiger partial charge < -0.3 is 25.4 Å². The van der Waals surface area contributed by atoms with Crippen molar-refractivity contribution in [2.24, 2.45) is 5.41 Å². The summed E-state index contributed by atoms with van der Waals surface area (Å²) in [5.74, 6) is -0.145. The molecule has 11 heteroatoms. The summed E-state index contributed by atoms with van der Waals surface area (Å²) in [6.07, 6.45) is 5.13. The van der Waals surface area contributed by atoms with Gasteiger partial charge in [-0.3, -0.25) is 9.59 Å². The van der Waals surface area contributed by atoms with Gasteiger partial charge in [-0.25, -0.2) is 4.39 Å². The number of fused-ring (bicyclic) bond motifs is 3. The van der Waals surface area contributed by atoms with E-state index in [1.54, 1.807) is 0 Å². The summed E-state index contributed by atoms with van der Waals surface area (Å²) in [4.78, 5) is 25.6. The van der Waals surface area contributed by atoms with Gasteiger partial charge in [0.1, 0.15) is 12.8 Å². The van der Waals surface area contributed by atoms with E-state index in [1.165, 1.54) is 0 Å². The number of halogens is 4. The number of rotatable bonds is 9. The van der Waals surface area contributed by atoms with Crippen LogP contribution in [0.1, 0.15) is 70.6 Å². The lowest BCUT2D eigenvalue weighted by molar-refractivity contribution is -0.167. The van der Waals surface area contributed by atoms with Crippen molar-refractivity contribution in [1.82, 2.24) is 16.0 Å². The van der Waals surface area contributed by atoms with Crippen molar-refractivity contribution in [3.8, 4) is 0 Å². The summed E-state index contributed by atoms with van der Waals surface area (Å²) in [7, 11) is 0. The second kappa shape index (κ2) is 11.5. The smallest absolute Gasteiger partial charge is 0.345 e. The van der Waals surface area contributed by atoms with Crippen LogP contribution >= 0.6 is 11.6 Å². The first-order valence-electron chi connectivity index (χ1n) is 12.8. The van der Waals surface area contributed by atoms with Gasteiger partial charge in [0.25, 0.3) is 0 Å². The van der Waals surface area contributed by atoms with Crippen molar-refractivity contribution in [1.29, 1.82) is 0 Å². The van der Waals surface area contributed by atoms with Crippen LogP contribution in [0, 0.1) is 5.41 Å². The van der Waals surface area contributed by atoms with Gasteiger partial charge >= 0.3 is 6.61 Å². The third-order valence-electron chi connectivity index (χ3n) is 8.50. The topological polar surface area (TPSA) is 88.7 Å². The molecule has 5 fully saturated rings. The van der Waals surface area contributed by atoms with Crippen LogP contribution in [0.2, 0.25) is 0 Å². The van der Waals surface area contributed by atoms with E-state index >= 15 is 0 Å². The van der Waals surface area contributed by atoms with Crippen molar-refractivity contribution < 1.29 is 32.2 Å². The molecule has 200 valence electrons. The molecule has 3 N–H and O–H groups in total. The number of amides is 2. The fourth-order valence-electron chi connectivity index (χ4n) is 6.16. The van der Waals surface area contributed by atoms with E-state index in [4.69, 9.17) is 16.3 Å². The highest BCUT2D eigenvalue weighted by Gasteiger charge is 2.52. The van der Waals surface area contributed by atoms with Crippen LogP contribution in [0.3, 0.4) is 0 Å². The maximum Gasteiger partial charge on any atom is 0.345 e. The van der Waals surface area contributed by atoms with E-state index in [0.717, 1.165) is 19.3 Å². The van der Waals surface area contributed by atoms with Crippen LogP contribution in [-0.2, 0) is 19.1 Å². The predicted molar refractivity (Wildman–Crippen MR) is 124 cm³/mol.